The fourth-order valence-corrected chi connectivity index (χ4v) is 7.20. The van der Waals surface area contributed by atoms with Gasteiger partial charge < -0.3 is 5.11 Å². The molecular weight excluding hydrogens is 352 g/mol. The van der Waals surface area contributed by atoms with Crippen LogP contribution in [-0.2, 0) is 0 Å². The topological polar surface area (TPSA) is 20.2 Å². The number of aliphatic hydroxyl groups is 1. The molecule has 2 saturated carbocycles. The van der Waals surface area contributed by atoms with Crippen LogP contribution >= 0.6 is 0 Å². The van der Waals surface area contributed by atoms with E-state index in [1.165, 1.54) is 31.3 Å². The highest BCUT2D eigenvalue weighted by molar-refractivity contribution is 5.42. The van der Waals surface area contributed by atoms with Crippen LogP contribution in [0, 0.1) is 46.3 Å². The van der Waals surface area contributed by atoms with Crippen molar-refractivity contribution in [2.75, 3.05) is 0 Å². The summed E-state index contributed by atoms with van der Waals surface area (Å²) in [7, 11) is 0. The Kier molecular flexibility index (Phi) is 5.52. The Bertz CT molecular complexity index is 752. The second kappa shape index (κ2) is 7.56. The van der Waals surface area contributed by atoms with Crippen LogP contribution in [-0.4, -0.2) is 11.2 Å². The predicted octanol–water partition coefficient (Wildman–Crippen LogP) is 7.11. The number of fused-ring (bicyclic) bond motifs is 5. The quantitative estimate of drug-likeness (QED) is 0.504. The molecule has 29 heavy (non-hydrogen) atoms. The van der Waals surface area contributed by atoms with Gasteiger partial charge in [0.25, 0.3) is 0 Å². The second-order valence-electron chi connectivity index (χ2n) is 11.5. The minimum absolute atomic E-state index is 0.126. The van der Waals surface area contributed by atoms with Crippen molar-refractivity contribution in [3.05, 3.63) is 47.6 Å². The minimum atomic E-state index is -0.296. The number of allylic oxidation sites excluding steroid dienone is 6. The van der Waals surface area contributed by atoms with E-state index in [1.54, 1.807) is 5.57 Å². The molecule has 3 unspecified atom stereocenters. The molecule has 0 amide bonds. The van der Waals surface area contributed by atoms with Gasteiger partial charge in [0.15, 0.2) is 0 Å². The summed E-state index contributed by atoms with van der Waals surface area (Å²) in [5, 5.41) is 10.1. The molecule has 0 aromatic rings. The first-order valence-corrected chi connectivity index (χ1v) is 12.1. The second-order valence-corrected chi connectivity index (χ2v) is 11.5. The van der Waals surface area contributed by atoms with Gasteiger partial charge in [-0.1, -0.05) is 89.1 Å². The molecule has 4 aliphatic rings. The molecular formula is C28H42O. The molecule has 1 nitrogen and oxygen atoms in total. The monoisotopic (exact) mass is 394 g/mol. The normalized spacial score (nSPS) is 43.4. The van der Waals surface area contributed by atoms with Gasteiger partial charge in [-0.15, -0.1) is 0 Å². The van der Waals surface area contributed by atoms with Crippen LogP contribution < -0.4 is 0 Å². The smallest absolute Gasteiger partial charge is 0.0758 e. The first-order chi connectivity index (χ1) is 13.7. The molecule has 1 heteroatoms. The van der Waals surface area contributed by atoms with E-state index in [-0.39, 0.29) is 11.5 Å². The minimum Gasteiger partial charge on any atom is -0.389 e. The van der Waals surface area contributed by atoms with Gasteiger partial charge in [0.05, 0.1) is 6.10 Å². The lowest BCUT2D eigenvalue weighted by molar-refractivity contribution is 0.0713. The van der Waals surface area contributed by atoms with Crippen molar-refractivity contribution in [3.8, 4) is 0 Å². The standard InChI is InChI=1S/C28H42O/c1-18(2)19(3)7-8-20(4)24-11-12-25-23-10-9-21-17-22(29)13-15-27(21,5)26(23)14-16-28(24,25)6/h7-10,13,15,18-20,22,24-26,29H,11-12,14,16-17H2,1-6H3/b8-7+/t19-,20?,22-,24+,25?,26?,27-,28+/m0/s1. The van der Waals surface area contributed by atoms with Gasteiger partial charge in [-0.3, -0.25) is 0 Å². The number of aliphatic hydroxyl groups excluding tert-OH is 1. The molecule has 2 fully saturated rings. The van der Waals surface area contributed by atoms with E-state index < -0.39 is 0 Å². The van der Waals surface area contributed by atoms with Crippen LogP contribution in [0.25, 0.3) is 0 Å². The lowest BCUT2D eigenvalue weighted by Gasteiger charge is -2.53. The van der Waals surface area contributed by atoms with E-state index >= 15 is 0 Å². The summed E-state index contributed by atoms with van der Waals surface area (Å²) in [6.45, 7) is 14.5. The van der Waals surface area contributed by atoms with Crippen LogP contribution in [0.4, 0.5) is 0 Å². The van der Waals surface area contributed by atoms with Crippen molar-refractivity contribution < 1.29 is 5.11 Å². The third-order valence-electron chi connectivity index (χ3n) is 9.58. The first kappa shape index (κ1) is 21.2. The Morgan fingerprint density at radius 1 is 1.00 bits per heavy atom. The highest BCUT2D eigenvalue weighted by atomic mass is 16.3. The van der Waals surface area contributed by atoms with Crippen molar-refractivity contribution in [1.29, 1.82) is 0 Å². The van der Waals surface area contributed by atoms with Gasteiger partial charge in [-0.05, 0) is 73.0 Å². The molecule has 160 valence electrons. The largest absolute Gasteiger partial charge is 0.389 e. The highest BCUT2D eigenvalue weighted by Crippen LogP contribution is 2.65. The molecule has 0 heterocycles. The van der Waals surface area contributed by atoms with Crippen LogP contribution in [0.5, 0.6) is 0 Å². The Labute approximate surface area is 179 Å². The van der Waals surface area contributed by atoms with Gasteiger partial charge in [0.1, 0.15) is 0 Å². The Balaban J connectivity index is 1.58. The van der Waals surface area contributed by atoms with E-state index in [9.17, 15) is 5.11 Å². The lowest BCUT2D eigenvalue weighted by atomic mass is 9.51. The molecule has 1 N–H and O–H groups in total. The molecule has 4 rings (SSSR count). The van der Waals surface area contributed by atoms with E-state index in [0.717, 1.165) is 24.2 Å². The van der Waals surface area contributed by atoms with Gasteiger partial charge in [-0.25, -0.2) is 0 Å². The van der Waals surface area contributed by atoms with E-state index in [2.05, 4.69) is 71.9 Å². The zero-order valence-electron chi connectivity index (χ0n) is 19.5. The first-order valence-electron chi connectivity index (χ1n) is 12.1. The molecule has 4 aliphatic carbocycles. The van der Waals surface area contributed by atoms with Crippen LogP contribution in [0.3, 0.4) is 0 Å². The van der Waals surface area contributed by atoms with Crippen molar-refractivity contribution in [2.45, 2.75) is 79.8 Å². The molecule has 0 radical (unpaired) electrons. The molecule has 0 aliphatic heterocycles. The maximum atomic E-state index is 10.1. The fourth-order valence-electron chi connectivity index (χ4n) is 7.20. The van der Waals surface area contributed by atoms with E-state index in [1.807, 2.05) is 6.08 Å². The third-order valence-corrected chi connectivity index (χ3v) is 9.58. The molecule has 0 aromatic carbocycles. The van der Waals surface area contributed by atoms with Gasteiger partial charge in [0.2, 0.25) is 0 Å². The third kappa shape index (κ3) is 3.42. The summed E-state index contributed by atoms with van der Waals surface area (Å²) < 4.78 is 0. The molecule has 0 bridgehead atoms. The van der Waals surface area contributed by atoms with Crippen molar-refractivity contribution in [3.63, 3.8) is 0 Å². The zero-order chi connectivity index (χ0) is 21.0. The van der Waals surface area contributed by atoms with Gasteiger partial charge >= 0.3 is 0 Å². The highest BCUT2D eigenvalue weighted by Gasteiger charge is 2.56. The fraction of sp³-hybridized carbons (Fsp3) is 0.714. The Morgan fingerprint density at radius 3 is 2.48 bits per heavy atom. The van der Waals surface area contributed by atoms with Crippen molar-refractivity contribution in [1.82, 2.24) is 0 Å². The molecule has 8 atom stereocenters. The molecule has 0 aromatic heterocycles. The molecule has 0 spiro atoms. The summed E-state index contributed by atoms with van der Waals surface area (Å²) in [6.07, 6.45) is 20.1. The van der Waals surface area contributed by atoms with Crippen LogP contribution in [0.1, 0.15) is 73.6 Å². The van der Waals surface area contributed by atoms with Crippen molar-refractivity contribution >= 4 is 0 Å². The van der Waals surface area contributed by atoms with E-state index in [0.29, 0.717) is 23.2 Å². The summed E-state index contributed by atoms with van der Waals surface area (Å²) in [4.78, 5) is 0. The van der Waals surface area contributed by atoms with Crippen molar-refractivity contribution in [2.24, 2.45) is 46.3 Å². The average Bonchev–Trinajstić information content (AvgIpc) is 3.03. The summed E-state index contributed by atoms with van der Waals surface area (Å²) in [5.41, 5.74) is 3.73. The van der Waals surface area contributed by atoms with Crippen LogP contribution in [0.2, 0.25) is 0 Å². The van der Waals surface area contributed by atoms with Crippen LogP contribution in [0.15, 0.2) is 47.6 Å². The Morgan fingerprint density at radius 2 is 1.76 bits per heavy atom. The maximum Gasteiger partial charge on any atom is 0.0758 e. The van der Waals surface area contributed by atoms with E-state index in [4.69, 9.17) is 0 Å². The average molecular weight is 395 g/mol. The molecule has 0 saturated heterocycles. The van der Waals surface area contributed by atoms with Gasteiger partial charge in [0, 0.05) is 5.41 Å². The zero-order valence-corrected chi connectivity index (χ0v) is 19.5. The predicted molar refractivity (Wildman–Crippen MR) is 123 cm³/mol. The SMILES string of the molecule is CC(/C=C/[C@H](C)C(C)C)[C@H]1CCC2C3=CC=C4C[C@@H](O)C=C[C@]4(C)C3CC[C@@]21C. The number of hydrogen-bond acceptors (Lipinski definition) is 1. The summed E-state index contributed by atoms with van der Waals surface area (Å²) in [5.74, 6) is 4.22. The number of hydrogen-bond donors (Lipinski definition) is 1. The number of rotatable bonds is 4. The van der Waals surface area contributed by atoms with Gasteiger partial charge in [-0.2, -0.15) is 0 Å². The maximum absolute atomic E-state index is 10.1. The lowest BCUT2D eigenvalue weighted by Crippen LogP contribution is -2.45. The Hall–Kier alpha value is -1.08. The summed E-state index contributed by atoms with van der Waals surface area (Å²) in [6, 6.07) is 0. The summed E-state index contributed by atoms with van der Waals surface area (Å²) >= 11 is 0.